The van der Waals surface area contributed by atoms with E-state index in [4.69, 9.17) is 14.6 Å². The lowest BCUT2D eigenvalue weighted by molar-refractivity contribution is 0.404. The van der Waals surface area contributed by atoms with Crippen LogP contribution in [-0.4, -0.2) is 30.5 Å². The van der Waals surface area contributed by atoms with Gasteiger partial charge in [0.05, 0.1) is 19.9 Å². The average Bonchev–Trinajstić information content (AvgIpc) is 3.30. The van der Waals surface area contributed by atoms with Gasteiger partial charge in [-0.2, -0.15) is 5.10 Å². The van der Waals surface area contributed by atoms with E-state index < -0.39 is 0 Å². The summed E-state index contributed by atoms with van der Waals surface area (Å²) < 4.78 is 13.0. The first-order valence-corrected chi connectivity index (χ1v) is 8.93. The van der Waals surface area contributed by atoms with Gasteiger partial charge in [0.1, 0.15) is 23.0 Å². The number of hydrogen-bond donors (Lipinski definition) is 1. The largest absolute Gasteiger partial charge is 0.497 e. The minimum Gasteiger partial charge on any atom is -0.497 e. The molecule has 2 heterocycles. The van der Waals surface area contributed by atoms with Crippen molar-refractivity contribution in [1.82, 2.24) is 9.78 Å². The molecule has 0 unspecified atom stereocenters. The van der Waals surface area contributed by atoms with Crippen molar-refractivity contribution in [2.45, 2.75) is 19.8 Å². The summed E-state index contributed by atoms with van der Waals surface area (Å²) in [7, 11) is 3.36. The van der Waals surface area contributed by atoms with Crippen LogP contribution < -0.4 is 14.8 Å². The third-order valence-corrected chi connectivity index (χ3v) is 4.91. The predicted octanol–water partition coefficient (Wildman–Crippen LogP) is 4.09. The van der Waals surface area contributed by atoms with Gasteiger partial charge < -0.3 is 14.8 Å². The maximum Gasteiger partial charge on any atom is 0.133 e. The first-order valence-electron chi connectivity index (χ1n) is 8.93. The Hall–Kier alpha value is -2.95. The maximum atomic E-state index is 5.59. The predicted molar refractivity (Wildman–Crippen MR) is 104 cm³/mol. The van der Waals surface area contributed by atoms with Crippen LogP contribution in [-0.2, 0) is 12.8 Å². The van der Waals surface area contributed by atoms with Crippen molar-refractivity contribution in [3.05, 3.63) is 53.6 Å². The standard InChI is InChI=1S/C21H23N3O2/c1-4-14-7-5-6-8-18(14)24-21-16(11-12-22-21)20(23-24)17-13-15(25-2)9-10-19(17)26-3/h5-10,13,22H,4,11-12H2,1-3H3. The molecule has 26 heavy (non-hydrogen) atoms. The zero-order chi connectivity index (χ0) is 18.1. The van der Waals surface area contributed by atoms with Crippen molar-refractivity contribution in [3.63, 3.8) is 0 Å². The summed E-state index contributed by atoms with van der Waals surface area (Å²) in [5.74, 6) is 2.67. The number of fused-ring (bicyclic) bond motifs is 1. The first-order chi connectivity index (χ1) is 12.8. The summed E-state index contributed by atoms with van der Waals surface area (Å²) in [6.45, 7) is 3.09. The van der Waals surface area contributed by atoms with Crippen LogP contribution in [0.15, 0.2) is 42.5 Å². The van der Waals surface area contributed by atoms with E-state index in [1.54, 1.807) is 14.2 Å². The van der Waals surface area contributed by atoms with Crippen LogP contribution in [0.5, 0.6) is 11.5 Å². The fourth-order valence-corrected chi connectivity index (χ4v) is 3.58. The fraction of sp³-hybridized carbons (Fsp3) is 0.286. The Bertz CT molecular complexity index is 946. The Kier molecular flexibility index (Phi) is 4.29. The number of para-hydroxylation sites is 1. The lowest BCUT2D eigenvalue weighted by Gasteiger charge is -2.11. The molecule has 4 rings (SSSR count). The molecule has 2 aromatic carbocycles. The highest BCUT2D eigenvalue weighted by Gasteiger charge is 2.26. The molecule has 0 saturated carbocycles. The highest BCUT2D eigenvalue weighted by Crippen LogP contribution is 2.40. The van der Waals surface area contributed by atoms with Crippen LogP contribution in [0.4, 0.5) is 5.82 Å². The average molecular weight is 349 g/mol. The van der Waals surface area contributed by atoms with E-state index in [1.165, 1.54) is 11.1 Å². The highest BCUT2D eigenvalue weighted by molar-refractivity contribution is 5.77. The molecule has 134 valence electrons. The second-order valence-corrected chi connectivity index (χ2v) is 6.31. The van der Waals surface area contributed by atoms with Crippen LogP contribution in [0.2, 0.25) is 0 Å². The Morgan fingerprint density at radius 2 is 1.96 bits per heavy atom. The fourth-order valence-electron chi connectivity index (χ4n) is 3.58. The summed E-state index contributed by atoms with van der Waals surface area (Å²) in [4.78, 5) is 0. The number of ether oxygens (including phenoxy) is 2. The van der Waals surface area contributed by atoms with E-state index in [0.717, 1.165) is 53.6 Å². The normalized spacial score (nSPS) is 12.6. The number of nitrogens with one attached hydrogen (secondary N) is 1. The molecular formula is C21H23N3O2. The van der Waals surface area contributed by atoms with E-state index in [2.05, 4.69) is 36.5 Å². The molecule has 0 fully saturated rings. The monoisotopic (exact) mass is 349 g/mol. The molecule has 1 N–H and O–H groups in total. The van der Waals surface area contributed by atoms with Crippen molar-refractivity contribution in [2.24, 2.45) is 0 Å². The van der Waals surface area contributed by atoms with Gasteiger partial charge in [0.2, 0.25) is 0 Å². The van der Waals surface area contributed by atoms with E-state index in [0.29, 0.717) is 0 Å². The van der Waals surface area contributed by atoms with Gasteiger partial charge in [0.25, 0.3) is 0 Å². The Balaban J connectivity index is 1.93. The number of nitrogens with zero attached hydrogens (tertiary/aromatic N) is 2. The van der Waals surface area contributed by atoms with Crippen LogP contribution in [0.25, 0.3) is 16.9 Å². The number of anilines is 1. The second kappa shape index (κ2) is 6.75. The van der Waals surface area contributed by atoms with Gasteiger partial charge in [-0.3, -0.25) is 0 Å². The summed E-state index contributed by atoms with van der Waals surface area (Å²) in [6, 6.07) is 14.2. The van der Waals surface area contributed by atoms with Gasteiger partial charge in [0, 0.05) is 17.7 Å². The molecule has 0 saturated heterocycles. The molecule has 1 aliphatic heterocycles. The molecule has 1 aliphatic rings. The summed E-state index contributed by atoms with van der Waals surface area (Å²) in [5.41, 5.74) is 5.53. The van der Waals surface area contributed by atoms with Gasteiger partial charge >= 0.3 is 0 Å². The van der Waals surface area contributed by atoms with Crippen molar-refractivity contribution in [2.75, 3.05) is 26.1 Å². The summed E-state index contributed by atoms with van der Waals surface area (Å²) in [5, 5.41) is 8.49. The number of rotatable bonds is 5. The molecular weight excluding hydrogens is 326 g/mol. The maximum absolute atomic E-state index is 5.59. The molecule has 0 amide bonds. The SMILES string of the molecule is CCc1ccccc1-n1nc(-c2cc(OC)ccc2OC)c2c1NCC2. The van der Waals surface area contributed by atoms with Crippen molar-refractivity contribution in [3.8, 4) is 28.4 Å². The van der Waals surface area contributed by atoms with Crippen molar-refractivity contribution in [1.29, 1.82) is 0 Å². The number of benzene rings is 2. The van der Waals surface area contributed by atoms with E-state index in [9.17, 15) is 0 Å². The molecule has 5 heteroatoms. The van der Waals surface area contributed by atoms with Gasteiger partial charge in [0.15, 0.2) is 0 Å². The molecule has 1 aromatic heterocycles. The number of aromatic nitrogens is 2. The Morgan fingerprint density at radius 3 is 2.73 bits per heavy atom. The zero-order valence-corrected chi connectivity index (χ0v) is 15.4. The molecule has 0 aliphatic carbocycles. The summed E-state index contributed by atoms with van der Waals surface area (Å²) in [6.07, 6.45) is 1.90. The van der Waals surface area contributed by atoms with Gasteiger partial charge in [-0.1, -0.05) is 25.1 Å². The van der Waals surface area contributed by atoms with Crippen LogP contribution >= 0.6 is 0 Å². The minimum atomic E-state index is 0.795. The topological polar surface area (TPSA) is 48.3 Å². The van der Waals surface area contributed by atoms with Crippen LogP contribution in [0.3, 0.4) is 0 Å². The lowest BCUT2D eigenvalue weighted by Crippen LogP contribution is -2.06. The minimum absolute atomic E-state index is 0.795. The summed E-state index contributed by atoms with van der Waals surface area (Å²) >= 11 is 0. The molecule has 0 radical (unpaired) electrons. The molecule has 3 aromatic rings. The smallest absolute Gasteiger partial charge is 0.133 e. The third kappa shape index (κ3) is 2.60. The first kappa shape index (κ1) is 16.5. The van der Waals surface area contributed by atoms with E-state index >= 15 is 0 Å². The Labute approximate surface area is 153 Å². The van der Waals surface area contributed by atoms with Gasteiger partial charge in [-0.15, -0.1) is 0 Å². The van der Waals surface area contributed by atoms with Crippen LogP contribution in [0, 0.1) is 0 Å². The quantitative estimate of drug-likeness (QED) is 0.754. The molecule has 0 spiro atoms. The number of aryl methyl sites for hydroxylation is 1. The highest BCUT2D eigenvalue weighted by atomic mass is 16.5. The second-order valence-electron chi connectivity index (χ2n) is 6.31. The number of hydrogen-bond acceptors (Lipinski definition) is 4. The molecule has 5 nitrogen and oxygen atoms in total. The molecule has 0 atom stereocenters. The number of methoxy groups -OCH3 is 2. The van der Waals surface area contributed by atoms with E-state index in [-0.39, 0.29) is 0 Å². The molecule has 0 bridgehead atoms. The van der Waals surface area contributed by atoms with Crippen molar-refractivity contribution >= 4 is 5.82 Å². The van der Waals surface area contributed by atoms with E-state index in [1.807, 2.05) is 22.9 Å². The lowest BCUT2D eigenvalue weighted by atomic mass is 10.1. The van der Waals surface area contributed by atoms with Crippen LogP contribution in [0.1, 0.15) is 18.1 Å². The van der Waals surface area contributed by atoms with Gasteiger partial charge in [-0.05, 0) is 42.7 Å². The zero-order valence-electron chi connectivity index (χ0n) is 15.4. The van der Waals surface area contributed by atoms with Crippen molar-refractivity contribution < 1.29 is 9.47 Å². The Morgan fingerprint density at radius 1 is 1.12 bits per heavy atom. The third-order valence-electron chi connectivity index (χ3n) is 4.91. The van der Waals surface area contributed by atoms with Gasteiger partial charge in [-0.25, -0.2) is 4.68 Å².